The number of rotatable bonds is 6. The number of nitro groups is 1. The number of benzene rings is 1. The number of nitrogens with zero attached hydrogens (tertiary/aromatic N) is 1. The molecule has 0 aliphatic heterocycles. The van der Waals surface area contributed by atoms with Crippen LogP contribution < -0.4 is 11.1 Å². The number of nitrogens with two attached hydrogens (primary N) is 1. The van der Waals surface area contributed by atoms with E-state index in [4.69, 9.17) is 10.5 Å². The third-order valence-corrected chi connectivity index (χ3v) is 2.46. The number of nitro benzene ring substituents is 1. The maximum Gasteiger partial charge on any atom is 0.292 e. The number of ether oxygens (including phenoxy) is 1. The molecule has 0 bridgehead atoms. The standard InChI is InChI=1S/C11H17N3O3/c1-3-8(7-17-2)13-9-4-5-11(14(15)16)10(12)6-9/h4-6,8,13H,3,7,12H2,1-2H3. The summed E-state index contributed by atoms with van der Waals surface area (Å²) in [7, 11) is 1.63. The van der Waals surface area contributed by atoms with Crippen LogP contribution in [0.4, 0.5) is 17.1 Å². The first-order valence-corrected chi connectivity index (χ1v) is 5.37. The zero-order valence-electron chi connectivity index (χ0n) is 9.97. The van der Waals surface area contributed by atoms with E-state index in [1.807, 2.05) is 6.92 Å². The maximum atomic E-state index is 10.6. The number of hydrogen-bond acceptors (Lipinski definition) is 5. The second-order valence-electron chi connectivity index (χ2n) is 3.74. The van der Waals surface area contributed by atoms with E-state index in [1.165, 1.54) is 6.07 Å². The minimum absolute atomic E-state index is 0.0738. The van der Waals surface area contributed by atoms with Crippen molar-refractivity contribution in [3.8, 4) is 0 Å². The minimum Gasteiger partial charge on any atom is -0.393 e. The van der Waals surface area contributed by atoms with Crippen molar-refractivity contribution < 1.29 is 9.66 Å². The highest BCUT2D eigenvalue weighted by Crippen LogP contribution is 2.25. The van der Waals surface area contributed by atoms with Crippen molar-refractivity contribution in [1.29, 1.82) is 0 Å². The monoisotopic (exact) mass is 239 g/mol. The van der Waals surface area contributed by atoms with Crippen LogP contribution in [0.3, 0.4) is 0 Å². The van der Waals surface area contributed by atoms with Crippen LogP contribution in [0.15, 0.2) is 18.2 Å². The van der Waals surface area contributed by atoms with Gasteiger partial charge in [-0.1, -0.05) is 6.92 Å². The Labute approximate surface area is 99.9 Å². The first kappa shape index (κ1) is 13.2. The molecule has 1 unspecified atom stereocenters. The molecule has 0 fully saturated rings. The predicted octanol–water partition coefficient (Wildman–Crippen LogP) is 2.01. The van der Waals surface area contributed by atoms with Crippen molar-refractivity contribution in [3.05, 3.63) is 28.3 Å². The van der Waals surface area contributed by atoms with Gasteiger partial charge in [-0.05, 0) is 18.6 Å². The van der Waals surface area contributed by atoms with Gasteiger partial charge >= 0.3 is 0 Å². The molecule has 0 saturated heterocycles. The molecule has 1 atom stereocenters. The fourth-order valence-corrected chi connectivity index (χ4v) is 1.51. The smallest absolute Gasteiger partial charge is 0.292 e. The highest BCUT2D eigenvalue weighted by molar-refractivity contribution is 5.66. The van der Waals surface area contributed by atoms with E-state index in [0.717, 1.165) is 12.1 Å². The van der Waals surface area contributed by atoms with E-state index in [-0.39, 0.29) is 17.4 Å². The van der Waals surface area contributed by atoms with E-state index < -0.39 is 4.92 Å². The summed E-state index contributed by atoms with van der Waals surface area (Å²) >= 11 is 0. The summed E-state index contributed by atoms with van der Waals surface area (Å²) in [4.78, 5) is 10.1. The molecule has 17 heavy (non-hydrogen) atoms. The fraction of sp³-hybridized carbons (Fsp3) is 0.455. The van der Waals surface area contributed by atoms with Crippen molar-refractivity contribution in [2.45, 2.75) is 19.4 Å². The van der Waals surface area contributed by atoms with Crippen LogP contribution >= 0.6 is 0 Å². The normalized spacial score (nSPS) is 12.1. The van der Waals surface area contributed by atoms with Crippen molar-refractivity contribution in [1.82, 2.24) is 0 Å². The molecule has 1 rings (SSSR count). The SMILES string of the molecule is CCC(COC)Nc1ccc([N+](=O)[O-])c(N)c1. The lowest BCUT2D eigenvalue weighted by Crippen LogP contribution is -2.23. The Balaban J connectivity index is 2.79. The van der Waals surface area contributed by atoms with Crippen molar-refractivity contribution in [2.75, 3.05) is 24.8 Å². The van der Waals surface area contributed by atoms with Gasteiger partial charge in [-0.2, -0.15) is 0 Å². The van der Waals surface area contributed by atoms with Gasteiger partial charge in [0.2, 0.25) is 0 Å². The van der Waals surface area contributed by atoms with Crippen LogP contribution in [0.1, 0.15) is 13.3 Å². The first-order valence-electron chi connectivity index (χ1n) is 5.37. The lowest BCUT2D eigenvalue weighted by atomic mass is 10.2. The molecule has 0 saturated carbocycles. The van der Waals surface area contributed by atoms with E-state index in [1.54, 1.807) is 19.2 Å². The first-order chi connectivity index (χ1) is 8.08. The zero-order valence-corrected chi connectivity index (χ0v) is 9.97. The Hall–Kier alpha value is -1.82. The van der Waals surface area contributed by atoms with Crippen LogP contribution in [0.2, 0.25) is 0 Å². The van der Waals surface area contributed by atoms with Gasteiger partial charge in [0.15, 0.2) is 0 Å². The van der Waals surface area contributed by atoms with Crippen LogP contribution in [0.25, 0.3) is 0 Å². The molecule has 94 valence electrons. The Bertz CT molecular complexity index is 396. The van der Waals surface area contributed by atoms with Gasteiger partial charge in [0.05, 0.1) is 11.5 Å². The third kappa shape index (κ3) is 3.60. The van der Waals surface area contributed by atoms with Crippen LogP contribution in [0, 0.1) is 10.1 Å². The lowest BCUT2D eigenvalue weighted by Gasteiger charge is -2.17. The molecular weight excluding hydrogens is 222 g/mol. The van der Waals surface area contributed by atoms with Crippen molar-refractivity contribution in [2.24, 2.45) is 0 Å². The maximum absolute atomic E-state index is 10.6. The Morgan fingerprint density at radius 3 is 2.76 bits per heavy atom. The largest absolute Gasteiger partial charge is 0.393 e. The summed E-state index contributed by atoms with van der Waals surface area (Å²) in [6.45, 7) is 2.61. The molecule has 6 nitrogen and oxygen atoms in total. The van der Waals surface area contributed by atoms with E-state index in [0.29, 0.717) is 6.61 Å². The number of nitrogens with one attached hydrogen (secondary N) is 1. The summed E-state index contributed by atoms with van der Waals surface area (Å²) < 4.78 is 5.06. The molecule has 0 aliphatic carbocycles. The molecular formula is C11H17N3O3. The molecule has 1 aromatic carbocycles. The molecule has 0 heterocycles. The van der Waals surface area contributed by atoms with Gasteiger partial charge in [-0.15, -0.1) is 0 Å². The molecule has 0 amide bonds. The second-order valence-corrected chi connectivity index (χ2v) is 3.74. The number of hydrogen-bond donors (Lipinski definition) is 2. The second kappa shape index (κ2) is 6.05. The van der Waals surface area contributed by atoms with Gasteiger partial charge in [-0.3, -0.25) is 10.1 Å². The summed E-state index contributed by atoms with van der Waals surface area (Å²) in [5.41, 5.74) is 6.45. The summed E-state index contributed by atoms with van der Waals surface area (Å²) in [5.74, 6) is 0. The van der Waals surface area contributed by atoms with Crippen LogP contribution in [-0.2, 0) is 4.74 Å². The van der Waals surface area contributed by atoms with Gasteiger partial charge in [-0.25, -0.2) is 0 Å². The van der Waals surface area contributed by atoms with Gasteiger partial charge in [0, 0.05) is 24.9 Å². The lowest BCUT2D eigenvalue weighted by molar-refractivity contribution is -0.383. The molecule has 0 spiro atoms. The molecule has 0 radical (unpaired) electrons. The summed E-state index contributed by atoms with van der Waals surface area (Å²) in [6, 6.07) is 4.78. The summed E-state index contributed by atoms with van der Waals surface area (Å²) in [5, 5.41) is 13.8. The predicted molar refractivity (Wildman–Crippen MR) is 67.1 cm³/mol. The Morgan fingerprint density at radius 2 is 2.29 bits per heavy atom. The topological polar surface area (TPSA) is 90.4 Å². The van der Waals surface area contributed by atoms with E-state index in [9.17, 15) is 10.1 Å². The molecule has 0 aliphatic rings. The van der Waals surface area contributed by atoms with E-state index >= 15 is 0 Å². The van der Waals surface area contributed by atoms with Crippen molar-refractivity contribution in [3.63, 3.8) is 0 Å². The average Bonchev–Trinajstić information content (AvgIpc) is 2.28. The number of nitrogen functional groups attached to an aromatic ring is 1. The quantitative estimate of drug-likeness (QED) is 0.450. The Kier molecular flexibility index (Phi) is 4.71. The van der Waals surface area contributed by atoms with Crippen molar-refractivity contribution >= 4 is 17.1 Å². The summed E-state index contributed by atoms with van der Waals surface area (Å²) in [6.07, 6.45) is 0.894. The molecule has 3 N–H and O–H groups in total. The Morgan fingerprint density at radius 1 is 1.59 bits per heavy atom. The highest BCUT2D eigenvalue weighted by Gasteiger charge is 2.12. The number of methoxy groups -OCH3 is 1. The van der Waals surface area contributed by atoms with Crippen LogP contribution in [-0.4, -0.2) is 24.7 Å². The molecule has 6 heteroatoms. The minimum atomic E-state index is -0.494. The van der Waals surface area contributed by atoms with Gasteiger partial charge < -0.3 is 15.8 Å². The number of anilines is 2. The van der Waals surface area contributed by atoms with Gasteiger partial charge in [0.25, 0.3) is 5.69 Å². The molecule has 1 aromatic rings. The fourth-order valence-electron chi connectivity index (χ4n) is 1.51. The van der Waals surface area contributed by atoms with Crippen LogP contribution in [0.5, 0.6) is 0 Å². The average molecular weight is 239 g/mol. The zero-order chi connectivity index (χ0) is 12.8. The van der Waals surface area contributed by atoms with Gasteiger partial charge in [0.1, 0.15) is 5.69 Å². The van der Waals surface area contributed by atoms with E-state index in [2.05, 4.69) is 5.32 Å². The molecule has 0 aromatic heterocycles. The third-order valence-electron chi connectivity index (χ3n) is 2.46. The highest BCUT2D eigenvalue weighted by atomic mass is 16.6.